The Morgan fingerprint density at radius 2 is 1.95 bits per heavy atom. The molecule has 5 heteroatoms. The van der Waals surface area contributed by atoms with E-state index in [2.05, 4.69) is 20.6 Å². The summed E-state index contributed by atoms with van der Waals surface area (Å²) in [6.07, 6.45) is 3.93. The first kappa shape index (κ1) is 13.1. The number of rotatable bonds is 4. The molecule has 1 aromatic heterocycles. The van der Waals surface area contributed by atoms with Crippen molar-refractivity contribution >= 4 is 22.7 Å². The van der Waals surface area contributed by atoms with E-state index in [0.29, 0.717) is 12.5 Å². The Morgan fingerprint density at radius 1 is 1.20 bits per heavy atom. The first-order valence-electron chi connectivity index (χ1n) is 7.11. The molecule has 3 N–H and O–H groups in total. The summed E-state index contributed by atoms with van der Waals surface area (Å²) in [4.78, 5) is 8.89. The van der Waals surface area contributed by atoms with Crippen LogP contribution in [0.25, 0.3) is 10.9 Å². The van der Waals surface area contributed by atoms with Gasteiger partial charge in [0.05, 0.1) is 11.1 Å². The third-order valence-electron chi connectivity index (χ3n) is 3.95. The number of para-hydroxylation sites is 1. The summed E-state index contributed by atoms with van der Waals surface area (Å²) < 4.78 is 0. The summed E-state index contributed by atoms with van der Waals surface area (Å²) in [5.74, 6) is 1.37. The third-order valence-corrected chi connectivity index (χ3v) is 3.95. The summed E-state index contributed by atoms with van der Waals surface area (Å²) in [5.41, 5.74) is 0.305. The maximum atomic E-state index is 10.4. The zero-order valence-corrected chi connectivity index (χ0v) is 11.7. The molecule has 20 heavy (non-hydrogen) atoms. The quantitative estimate of drug-likeness (QED) is 0.797. The van der Waals surface area contributed by atoms with Gasteiger partial charge in [-0.2, -0.15) is 4.98 Å². The van der Waals surface area contributed by atoms with Gasteiger partial charge in [-0.25, -0.2) is 4.98 Å². The molecular formula is C15H20N4O. The van der Waals surface area contributed by atoms with Crippen LogP contribution >= 0.6 is 0 Å². The van der Waals surface area contributed by atoms with Crippen LogP contribution in [0.3, 0.4) is 0 Å². The fraction of sp³-hybridized carbons (Fsp3) is 0.467. The number of hydrogen-bond acceptors (Lipinski definition) is 5. The minimum atomic E-state index is -0.591. The van der Waals surface area contributed by atoms with Gasteiger partial charge in [0, 0.05) is 19.0 Å². The highest BCUT2D eigenvalue weighted by molar-refractivity contribution is 5.90. The van der Waals surface area contributed by atoms with Gasteiger partial charge < -0.3 is 15.7 Å². The number of anilines is 2. The molecule has 1 saturated carbocycles. The van der Waals surface area contributed by atoms with E-state index >= 15 is 0 Å². The van der Waals surface area contributed by atoms with Crippen LogP contribution in [0.5, 0.6) is 0 Å². The van der Waals surface area contributed by atoms with Crippen molar-refractivity contribution in [1.29, 1.82) is 0 Å². The Bertz CT molecular complexity index is 608. The van der Waals surface area contributed by atoms with Gasteiger partial charge in [0.25, 0.3) is 0 Å². The van der Waals surface area contributed by atoms with Crippen LogP contribution in [-0.2, 0) is 0 Å². The number of nitrogens with one attached hydrogen (secondary N) is 2. The Balaban J connectivity index is 1.89. The Morgan fingerprint density at radius 3 is 2.70 bits per heavy atom. The molecule has 0 saturated heterocycles. The highest BCUT2D eigenvalue weighted by Crippen LogP contribution is 2.30. The maximum absolute atomic E-state index is 10.4. The molecule has 0 atom stereocenters. The molecule has 106 valence electrons. The molecule has 1 fully saturated rings. The normalized spacial score (nSPS) is 17.3. The first-order valence-corrected chi connectivity index (χ1v) is 7.11. The Hall–Kier alpha value is -1.88. The first-order chi connectivity index (χ1) is 9.70. The SMILES string of the molecule is CNc1nc(NCC2(O)CCCC2)c2ccccc2n1. The molecule has 2 aromatic rings. The monoisotopic (exact) mass is 272 g/mol. The van der Waals surface area contributed by atoms with Crippen molar-refractivity contribution in [2.45, 2.75) is 31.3 Å². The van der Waals surface area contributed by atoms with Gasteiger partial charge in [0.15, 0.2) is 0 Å². The molecule has 3 rings (SSSR count). The molecular weight excluding hydrogens is 252 g/mol. The fourth-order valence-electron chi connectivity index (χ4n) is 2.78. The predicted octanol–water partition coefficient (Wildman–Crippen LogP) is 2.39. The van der Waals surface area contributed by atoms with Gasteiger partial charge in [-0.05, 0) is 25.0 Å². The molecule has 0 amide bonds. The fourth-order valence-corrected chi connectivity index (χ4v) is 2.78. The van der Waals surface area contributed by atoms with Crippen molar-refractivity contribution in [2.24, 2.45) is 0 Å². The Labute approximate surface area is 118 Å². The van der Waals surface area contributed by atoms with Crippen LogP contribution in [0.2, 0.25) is 0 Å². The van der Waals surface area contributed by atoms with Crippen molar-refractivity contribution in [3.63, 3.8) is 0 Å². The zero-order valence-electron chi connectivity index (χ0n) is 11.7. The second-order valence-corrected chi connectivity index (χ2v) is 5.45. The minimum Gasteiger partial charge on any atom is -0.388 e. The van der Waals surface area contributed by atoms with Crippen LogP contribution < -0.4 is 10.6 Å². The summed E-state index contributed by atoms with van der Waals surface area (Å²) in [6.45, 7) is 0.539. The smallest absolute Gasteiger partial charge is 0.224 e. The number of nitrogens with zero attached hydrogens (tertiary/aromatic N) is 2. The molecule has 1 aliphatic carbocycles. The lowest BCUT2D eigenvalue weighted by atomic mass is 10.0. The molecule has 1 heterocycles. The van der Waals surface area contributed by atoms with Crippen LogP contribution in [0, 0.1) is 0 Å². The van der Waals surface area contributed by atoms with E-state index in [0.717, 1.165) is 42.4 Å². The third kappa shape index (κ3) is 2.54. The van der Waals surface area contributed by atoms with E-state index < -0.39 is 5.60 Å². The number of aromatic nitrogens is 2. The highest BCUT2D eigenvalue weighted by Gasteiger charge is 2.30. The molecule has 0 spiro atoms. The second kappa shape index (κ2) is 5.25. The molecule has 1 aromatic carbocycles. The van der Waals surface area contributed by atoms with Gasteiger partial charge in [0.1, 0.15) is 5.82 Å². The van der Waals surface area contributed by atoms with Crippen LogP contribution in [0.4, 0.5) is 11.8 Å². The average molecular weight is 272 g/mol. The second-order valence-electron chi connectivity index (χ2n) is 5.45. The molecule has 1 aliphatic rings. The van der Waals surface area contributed by atoms with E-state index in [4.69, 9.17) is 0 Å². The average Bonchev–Trinajstić information content (AvgIpc) is 2.91. The van der Waals surface area contributed by atoms with Crippen LogP contribution in [0.1, 0.15) is 25.7 Å². The topological polar surface area (TPSA) is 70.1 Å². The molecule has 0 unspecified atom stereocenters. The highest BCUT2D eigenvalue weighted by atomic mass is 16.3. The standard InChI is InChI=1S/C15H20N4O/c1-16-14-18-12-7-3-2-6-11(12)13(19-14)17-10-15(20)8-4-5-9-15/h2-3,6-7,20H,4-5,8-10H2,1H3,(H2,16,17,18,19). The lowest BCUT2D eigenvalue weighted by Gasteiger charge is -2.23. The largest absolute Gasteiger partial charge is 0.388 e. The van der Waals surface area contributed by atoms with E-state index in [1.807, 2.05) is 24.3 Å². The van der Waals surface area contributed by atoms with Gasteiger partial charge >= 0.3 is 0 Å². The summed E-state index contributed by atoms with van der Waals surface area (Å²) >= 11 is 0. The maximum Gasteiger partial charge on any atom is 0.224 e. The van der Waals surface area contributed by atoms with Crippen molar-refractivity contribution < 1.29 is 5.11 Å². The summed E-state index contributed by atoms with van der Waals surface area (Å²) in [6, 6.07) is 7.90. The lowest BCUT2D eigenvalue weighted by Crippen LogP contribution is -2.33. The molecule has 0 aliphatic heterocycles. The lowest BCUT2D eigenvalue weighted by molar-refractivity contribution is 0.0614. The number of aliphatic hydroxyl groups is 1. The summed E-state index contributed by atoms with van der Waals surface area (Å²) in [7, 11) is 1.80. The van der Waals surface area contributed by atoms with E-state index in [-0.39, 0.29) is 0 Å². The Kier molecular flexibility index (Phi) is 3.44. The van der Waals surface area contributed by atoms with E-state index in [1.54, 1.807) is 7.05 Å². The molecule has 0 bridgehead atoms. The molecule has 5 nitrogen and oxygen atoms in total. The number of benzene rings is 1. The number of hydrogen-bond donors (Lipinski definition) is 3. The van der Waals surface area contributed by atoms with Crippen LogP contribution in [0.15, 0.2) is 24.3 Å². The zero-order chi connectivity index (χ0) is 14.0. The number of fused-ring (bicyclic) bond motifs is 1. The van der Waals surface area contributed by atoms with Gasteiger partial charge in [-0.1, -0.05) is 25.0 Å². The van der Waals surface area contributed by atoms with Gasteiger partial charge in [-0.3, -0.25) is 0 Å². The van der Waals surface area contributed by atoms with Crippen molar-refractivity contribution in [2.75, 3.05) is 24.2 Å². The van der Waals surface area contributed by atoms with Crippen molar-refractivity contribution in [3.8, 4) is 0 Å². The van der Waals surface area contributed by atoms with E-state index in [9.17, 15) is 5.11 Å². The van der Waals surface area contributed by atoms with Gasteiger partial charge in [0.2, 0.25) is 5.95 Å². The molecule has 0 radical (unpaired) electrons. The van der Waals surface area contributed by atoms with E-state index in [1.165, 1.54) is 0 Å². The van der Waals surface area contributed by atoms with Gasteiger partial charge in [-0.15, -0.1) is 0 Å². The predicted molar refractivity (Wildman–Crippen MR) is 81.0 cm³/mol. The van der Waals surface area contributed by atoms with Crippen LogP contribution in [-0.4, -0.2) is 34.3 Å². The minimum absolute atomic E-state index is 0.539. The summed E-state index contributed by atoms with van der Waals surface area (Å²) in [5, 5.41) is 17.7. The van der Waals surface area contributed by atoms with Crippen molar-refractivity contribution in [1.82, 2.24) is 9.97 Å². The van der Waals surface area contributed by atoms with Crippen molar-refractivity contribution in [3.05, 3.63) is 24.3 Å².